The van der Waals surface area contributed by atoms with Crippen molar-refractivity contribution in [3.8, 4) is 0 Å². The van der Waals surface area contributed by atoms with Gasteiger partial charge in [0.25, 0.3) is 0 Å². The van der Waals surface area contributed by atoms with E-state index in [1.54, 1.807) is 6.26 Å². The highest BCUT2D eigenvalue weighted by Crippen LogP contribution is 2.17. The number of hydrogen-bond acceptors (Lipinski definition) is 3. The number of aryl methyl sites for hydroxylation is 1. The van der Waals surface area contributed by atoms with Crippen LogP contribution in [0, 0.1) is 0 Å². The molecular formula is C12H15NOS. The molecule has 0 atom stereocenters. The zero-order chi connectivity index (χ0) is 10.5. The highest BCUT2D eigenvalue weighted by atomic mass is 32.1. The third kappa shape index (κ3) is 2.70. The molecule has 3 heteroatoms. The molecule has 0 aliphatic carbocycles. The van der Waals surface area contributed by atoms with Crippen molar-refractivity contribution in [1.29, 1.82) is 0 Å². The van der Waals surface area contributed by atoms with Gasteiger partial charge in [0.2, 0.25) is 0 Å². The van der Waals surface area contributed by atoms with E-state index in [0.717, 1.165) is 25.3 Å². The first-order chi connectivity index (χ1) is 7.40. The molecule has 0 aromatic carbocycles. The van der Waals surface area contributed by atoms with Crippen molar-refractivity contribution in [2.75, 3.05) is 0 Å². The van der Waals surface area contributed by atoms with Crippen LogP contribution in [-0.4, -0.2) is 0 Å². The molecule has 0 fully saturated rings. The van der Waals surface area contributed by atoms with E-state index in [2.05, 4.69) is 23.7 Å². The van der Waals surface area contributed by atoms with Gasteiger partial charge in [0, 0.05) is 11.4 Å². The van der Waals surface area contributed by atoms with Crippen molar-refractivity contribution >= 4 is 11.3 Å². The molecule has 0 bridgehead atoms. The first-order valence-electron chi connectivity index (χ1n) is 5.18. The first-order valence-corrected chi connectivity index (χ1v) is 6.06. The maximum Gasteiger partial charge on any atom is 0.117 e. The number of thiophene rings is 1. The van der Waals surface area contributed by atoms with Crippen LogP contribution in [0.2, 0.25) is 0 Å². The van der Waals surface area contributed by atoms with Crippen LogP contribution in [0.3, 0.4) is 0 Å². The van der Waals surface area contributed by atoms with Crippen LogP contribution >= 0.6 is 11.3 Å². The molecule has 0 radical (unpaired) electrons. The Bertz CT molecular complexity index is 391. The van der Waals surface area contributed by atoms with Gasteiger partial charge in [0.15, 0.2) is 0 Å². The zero-order valence-corrected chi connectivity index (χ0v) is 9.64. The largest absolute Gasteiger partial charge is 0.468 e. The summed E-state index contributed by atoms with van der Waals surface area (Å²) >= 11 is 1.82. The Balaban J connectivity index is 1.83. The Hall–Kier alpha value is -1.06. The smallest absolute Gasteiger partial charge is 0.117 e. The van der Waals surface area contributed by atoms with Crippen LogP contribution in [0.4, 0.5) is 0 Å². The molecule has 1 N–H and O–H groups in total. The molecule has 0 aliphatic heterocycles. The minimum absolute atomic E-state index is 0.800. The van der Waals surface area contributed by atoms with Gasteiger partial charge in [-0.1, -0.05) is 6.92 Å². The van der Waals surface area contributed by atoms with E-state index in [0.29, 0.717) is 0 Å². The summed E-state index contributed by atoms with van der Waals surface area (Å²) in [6, 6.07) is 6.11. The number of hydrogen-bond donors (Lipinski definition) is 1. The van der Waals surface area contributed by atoms with E-state index in [4.69, 9.17) is 4.42 Å². The van der Waals surface area contributed by atoms with E-state index < -0.39 is 0 Å². The van der Waals surface area contributed by atoms with Gasteiger partial charge in [-0.15, -0.1) is 11.3 Å². The van der Waals surface area contributed by atoms with Gasteiger partial charge in [-0.3, -0.25) is 0 Å². The average Bonchev–Trinajstić information content (AvgIpc) is 2.88. The summed E-state index contributed by atoms with van der Waals surface area (Å²) in [7, 11) is 0. The van der Waals surface area contributed by atoms with Crippen LogP contribution in [0.1, 0.15) is 23.1 Å². The molecule has 2 aromatic rings. The predicted octanol–water partition coefficient (Wildman–Crippen LogP) is 3.19. The molecule has 0 spiro atoms. The van der Waals surface area contributed by atoms with Crippen molar-refractivity contribution in [3.63, 3.8) is 0 Å². The third-order valence-corrected chi connectivity index (χ3v) is 3.35. The second kappa shape index (κ2) is 5.14. The van der Waals surface area contributed by atoms with Gasteiger partial charge in [-0.25, -0.2) is 0 Å². The molecular weight excluding hydrogens is 206 g/mol. The van der Waals surface area contributed by atoms with Crippen molar-refractivity contribution < 1.29 is 4.42 Å². The van der Waals surface area contributed by atoms with Gasteiger partial charge in [0.1, 0.15) is 5.76 Å². The summed E-state index contributed by atoms with van der Waals surface area (Å²) in [5.41, 5.74) is 1.45. The Morgan fingerprint density at radius 1 is 1.33 bits per heavy atom. The van der Waals surface area contributed by atoms with Crippen molar-refractivity contribution in [2.45, 2.75) is 26.4 Å². The highest BCUT2D eigenvalue weighted by Gasteiger charge is 2.02. The van der Waals surface area contributed by atoms with Gasteiger partial charge in [0.05, 0.1) is 12.8 Å². The maximum absolute atomic E-state index is 5.25. The minimum atomic E-state index is 0.800. The zero-order valence-electron chi connectivity index (χ0n) is 8.82. The average molecular weight is 221 g/mol. The first kappa shape index (κ1) is 10.5. The maximum atomic E-state index is 5.25. The lowest BCUT2D eigenvalue weighted by Gasteiger charge is -2.02. The Morgan fingerprint density at radius 2 is 2.27 bits per heavy atom. The predicted molar refractivity (Wildman–Crippen MR) is 62.9 cm³/mol. The Labute approximate surface area is 93.9 Å². The van der Waals surface area contributed by atoms with Crippen molar-refractivity contribution in [3.05, 3.63) is 46.0 Å². The summed E-state index contributed by atoms with van der Waals surface area (Å²) in [5.74, 6) is 0.990. The van der Waals surface area contributed by atoms with Gasteiger partial charge >= 0.3 is 0 Å². The summed E-state index contributed by atoms with van der Waals surface area (Å²) in [6.45, 7) is 3.92. The lowest BCUT2D eigenvalue weighted by atomic mass is 10.2. The summed E-state index contributed by atoms with van der Waals surface area (Å²) < 4.78 is 5.25. The van der Waals surface area contributed by atoms with Gasteiger partial charge in [-0.05, 0) is 35.6 Å². The van der Waals surface area contributed by atoms with Gasteiger partial charge in [-0.2, -0.15) is 0 Å². The molecule has 15 heavy (non-hydrogen) atoms. The Morgan fingerprint density at radius 3 is 3.00 bits per heavy atom. The second-order valence-electron chi connectivity index (χ2n) is 3.41. The Kier molecular flexibility index (Phi) is 3.59. The van der Waals surface area contributed by atoms with E-state index in [1.165, 1.54) is 10.4 Å². The topological polar surface area (TPSA) is 25.2 Å². The molecule has 0 aliphatic rings. The van der Waals surface area contributed by atoms with Crippen LogP contribution in [0.25, 0.3) is 0 Å². The SMILES string of the molecule is CCc1ccsc1CNCc1ccco1. The fraction of sp³-hybridized carbons (Fsp3) is 0.333. The number of rotatable bonds is 5. The molecule has 0 saturated carbocycles. The van der Waals surface area contributed by atoms with E-state index in [-0.39, 0.29) is 0 Å². The molecule has 2 heterocycles. The van der Waals surface area contributed by atoms with Crippen LogP contribution in [-0.2, 0) is 19.5 Å². The van der Waals surface area contributed by atoms with E-state index >= 15 is 0 Å². The standard InChI is InChI=1S/C12H15NOS/c1-2-10-5-7-15-12(10)9-13-8-11-4-3-6-14-11/h3-7,13H,2,8-9H2,1H3. The van der Waals surface area contributed by atoms with Crippen molar-refractivity contribution in [1.82, 2.24) is 5.32 Å². The number of furan rings is 1. The quantitative estimate of drug-likeness (QED) is 0.838. The molecule has 2 nitrogen and oxygen atoms in total. The van der Waals surface area contributed by atoms with Crippen LogP contribution < -0.4 is 5.32 Å². The fourth-order valence-electron chi connectivity index (χ4n) is 1.55. The van der Waals surface area contributed by atoms with E-state index in [9.17, 15) is 0 Å². The summed E-state index contributed by atoms with van der Waals surface area (Å²) in [5, 5.41) is 5.54. The van der Waals surface area contributed by atoms with Crippen LogP contribution in [0.15, 0.2) is 34.3 Å². The van der Waals surface area contributed by atoms with Crippen molar-refractivity contribution in [2.24, 2.45) is 0 Å². The lowest BCUT2D eigenvalue weighted by Crippen LogP contribution is -2.12. The third-order valence-electron chi connectivity index (χ3n) is 2.38. The second-order valence-corrected chi connectivity index (χ2v) is 4.41. The fourth-order valence-corrected chi connectivity index (χ4v) is 2.50. The summed E-state index contributed by atoms with van der Waals surface area (Å²) in [4.78, 5) is 1.43. The lowest BCUT2D eigenvalue weighted by molar-refractivity contribution is 0.483. The molecule has 0 unspecified atom stereocenters. The van der Waals surface area contributed by atoms with Gasteiger partial charge < -0.3 is 9.73 Å². The normalized spacial score (nSPS) is 10.7. The monoisotopic (exact) mass is 221 g/mol. The minimum Gasteiger partial charge on any atom is -0.468 e. The summed E-state index contributed by atoms with van der Waals surface area (Å²) in [6.07, 6.45) is 2.82. The van der Waals surface area contributed by atoms with E-state index in [1.807, 2.05) is 23.5 Å². The number of nitrogens with one attached hydrogen (secondary N) is 1. The highest BCUT2D eigenvalue weighted by molar-refractivity contribution is 7.10. The van der Waals surface area contributed by atoms with Crippen LogP contribution in [0.5, 0.6) is 0 Å². The molecule has 2 rings (SSSR count). The molecule has 2 aromatic heterocycles. The molecule has 80 valence electrons. The molecule has 0 amide bonds. The molecule has 0 saturated heterocycles.